The first-order valence-electron chi connectivity index (χ1n) is 11.3. The quantitative estimate of drug-likeness (QED) is 0.301. The van der Waals surface area contributed by atoms with E-state index in [0.717, 1.165) is 0 Å². The van der Waals surface area contributed by atoms with E-state index >= 15 is 0 Å². The molecule has 186 valence electrons. The van der Waals surface area contributed by atoms with Crippen molar-refractivity contribution in [1.82, 2.24) is 14.5 Å². The number of methoxy groups -OCH3 is 2. The Hall–Kier alpha value is -3.72. The third kappa shape index (κ3) is 4.58. The number of amides is 1. The highest BCUT2D eigenvalue weighted by molar-refractivity contribution is 9.10. The minimum Gasteiger partial charge on any atom is -0.497 e. The van der Waals surface area contributed by atoms with Crippen LogP contribution in [-0.4, -0.2) is 41.1 Å². The lowest BCUT2D eigenvalue weighted by atomic mass is 10.1. The fourth-order valence-corrected chi connectivity index (χ4v) is 4.74. The summed E-state index contributed by atoms with van der Waals surface area (Å²) in [4.78, 5) is 33.6. The number of benzene rings is 3. The number of aromatic nitrogens is 2. The minimum atomic E-state index is -0.646. The van der Waals surface area contributed by atoms with Crippen LogP contribution in [0.3, 0.4) is 0 Å². The number of carbonyl (C=O) groups is 1. The molecule has 0 bridgehead atoms. The summed E-state index contributed by atoms with van der Waals surface area (Å²) < 4.78 is 26.8. The third-order valence-electron chi connectivity index (χ3n) is 6.01. The predicted molar refractivity (Wildman–Crippen MR) is 140 cm³/mol. The van der Waals surface area contributed by atoms with Gasteiger partial charge >= 0.3 is 0 Å². The second-order valence-corrected chi connectivity index (χ2v) is 8.86. The van der Waals surface area contributed by atoms with Gasteiger partial charge in [-0.05, 0) is 60.1 Å². The van der Waals surface area contributed by atoms with Gasteiger partial charge in [0.05, 0.1) is 41.3 Å². The maximum Gasteiger partial charge on any atom is 0.266 e. The molecule has 0 aliphatic heterocycles. The Morgan fingerprint density at radius 2 is 1.86 bits per heavy atom. The Morgan fingerprint density at radius 1 is 1.11 bits per heavy atom. The van der Waals surface area contributed by atoms with Gasteiger partial charge in [-0.2, -0.15) is 0 Å². The van der Waals surface area contributed by atoms with Crippen LogP contribution in [0, 0.1) is 5.82 Å². The number of ether oxygens (including phenoxy) is 2. The fraction of sp³-hybridized carbons (Fsp3) is 0.222. The highest BCUT2D eigenvalue weighted by atomic mass is 79.9. The van der Waals surface area contributed by atoms with E-state index in [9.17, 15) is 14.0 Å². The van der Waals surface area contributed by atoms with E-state index in [1.54, 1.807) is 54.3 Å². The van der Waals surface area contributed by atoms with Crippen LogP contribution in [0.4, 0.5) is 4.39 Å². The summed E-state index contributed by atoms with van der Waals surface area (Å²) in [6.45, 7) is 3.92. The molecule has 0 saturated carbocycles. The molecule has 0 aliphatic rings. The lowest BCUT2D eigenvalue weighted by Gasteiger charge is -2.30. The molecule has 0 fully saturated rings. The van der Waals surface area contributed by atoms with Crippen LogP contribution in [0.15, 0.2) is 69.9 Å². The van der Waals surface area contributed by atoms with E-state index < -0.39 is 11.9 Å². The zero-order chi connectivity index (χ0) is 26.0. The van der Waals surface area contributed by atoms with E-state index in [1.165, 1.54) is 37.0 Å². The van der Waals surface area contributed by atoms with E-state index in [4.69, 9.17) is 14.5 Å². The maximum atomic E-state index is 13.9. The Kier molecular flexibility index (Phi) is 7.40. The monoisotopic (exact) mass is 553 g/mol. The smallest absolute Gasteiger partial charge is 0.266 e. The number of nitrogens with zero attached hydrogens (tertiary/aromatic N) is 3. The van der Waals surface area contributed by atoms with Crippen molar-refractivity contribution < 1.29 is 18.7 Å². The highest BCUT2D eigenvalue weighted by Gasteiger charge is 2.28. The van der Waals surface area contributed by atoms with Gasteiger partial charge in [0.1, 0.15) is 23.1 Å². The molecule has 0 aliphatic carbocycles. The van der Waals surface area contributed by atoms with Gasteiger partial charge in [0.15, 0.2) is 0 Å². The van der Waals surface area contributed by atoms with Crippen molar-refractivity contribution >= 4 is 32.7 Å². The van der Waals surface area contributed by atoms with Gasteiger partial charge in [0, 0.05) is 24.2 Å². The highest BCUT2D eigenvalue weighted by Crippen LogP contribution is 2.37. The zero-order valence-corrected chi connectivity index (χ0v) is 21.9. The lowest BCUT2D eigenvalue weighted by Crippen LogP contribution is -2.37. The maximum absolute atomic E-state index is 13.9. The van der Waals surface area contributed by atoms with Crippen LogP contribution in [0.25, 0.3) is 16.6 Å². The first kappa shape index (κ1) is 25.4. The molecular weight excluding hydrogens is 529 g/mol. The molecule has 7 nitrogen and oxygen atoms in total. The van der Waals surface area contributed by atoms with Crippen LogP contribution in [0.5, 0.6) is 11.5 Å². The molecule has 4 aromatic rings. The number of rotatable bonds is 7. The summed E-state index contributed by atoms with van der Waals surface area (Å²) in [5.41, 5.74) is 0.849. The molecule has 9 heteroatoms. The number of carbonyl (C=O) groups excluding carboxylic acids is 1. The van der Waals surface area contributed by atoms with Gasteiger partial charge in [-0.3, -0.25) is 14.2 Å². The van der Waals surface area contributed by atoms with Gasteiger partial charge in [0.2, 0.25) is 0 Å². The SMILES string of the molecule is CCN(C(=O)c1cccc(F)c1)C(C)c1nc2ccccc2c(=O)n1-c1cc(OC)cc(OC)c1Br. The summed E-state index contributed by atoms with van der Waals surface area (Å²) >= 11 is 3.56. The van der Waals surface area contributed by atoms with Crippen molar-refractivity contribution in [3.8, 4) is 17.2 Å². The van der Waals surface area contributed by atoms with Crippen LogP contribution in [-0.2, 0) is 0 Å². The Bertz CT molecular complexity index is 1500. The zero-order valence-electron chi connectivity index (χ0n) is 20.3. The Labute approximate surface area is 216 Å². The third-order valence-corrected chi connectivity index (χ3v) is 6.80. The molecule has 1 unspecified atom stereocenters. The van der Waals surface area contributed by atoms with Gasteiger partial charge < -0.3 is 14.4 Å². The summed E-state index contributed by atoms with van der Waals surface area (Å²) in [5.74, 6) is 0.401. The number of hydrogen-bond acceptors (Lipinski definition) is 5. The van der Waals surface area contributed by atoms with Crippen LogP contribution in [0.1, 0.15) is 36.1 Å². The second kappa shape index (κ2) is 10.5. The Balaban J connectivity index is 1.98. The second-order valence-electron chi connectivity index (χ2n) is 8.07. The summed E-state index contributed by atoms with van der Waals surface area (Å²) in [6, 6.07) is 15.3. The predicted octanol–water partition coefficient (Wildman–Crippen LogP) is 5.53. The number of para-hydroxylation sites is 1. The summed E-state index contributed by atoms with van der Waals surface area (Å²) in [5, 5.41) is 0.418. The van der Waals surface area contributed by atoms with Crippen molar-refractivity contribution in [3.05, 3.63) is 92.7 Å². The van der Waals surface area contributed by atoms with Gasteiger partial charge in [-0.25, -0.2) is 9.37 Å². The molecule has 1 amide bonds. The minimum absolute atomic E-state index is 0.211. The molecular formula is C27H25BrFN3O4. The molecule has 1 aromatic heterocycles. The van der Waals surface area contributed by atoms with Crippen molar-refractivity contribution in [1.29, 1.82) is 0 Å². The lowest BCUT2D eigenvalue weighted by molar-refractivity contribution is 0.0692. The van der Waals surface area contributed by atoms with Crippen LogP contribution in [0.2, 0.25) is 0 Å². The fourth-order valence-electron chi connectivity index (χ4n) is 4.17. The summed E-state index contributed by atoms with van der Waals surface area (Å²) in [6.07, 6.45) is 0. The molecule has 0 saturated heterocycles. The first-order chi connectivity index (χ1) is 17.3. The summed E-state index contributed by atoms with van der Waals surface area (Å²) in [7, 11) is 3.04. The van der Waals surface area contributed by atoms with Gasteiger partial charge in [0.25, 0.3) is 11.5 Å². The topological polar surface area (TPSA) is 73.7 Å². The Morgan fingerprint density at radius 3 is 2.53 bits per heavy atom. The van der Waals surface area contributed by atoms with E-state index in [-0.39, 0.29) is 17.0 Å². The van der Waals surface area contributed by atoms with Crippen molar-refractivity contribution in [3.63, 3.8) is 0 Å². The normalized spacial score (nSPS) is 11.8. The van der Waals surface area contributed by atoms with Crippen LogP contribution >= 0.6 is 15.9 Å². The largest absolute Gasteiger partial charge is 0.497 e. The number of fused-ring (bicyclic) bond motifs is 1. The average Bonchev–Trinajstić information content (AvgIpc) is 2.89. The van der Waals surface area contributed by atoms with Crippen molar-refractivity contribution in [2.24, 2.45) is 0 Å². The molecule has 1 heterocycles. The van der Waals surface area contributed by atoms with Crippen molar-refractivity contribution in [2.75, 3.05) is 20.8 Å². The first-order valence-corrected chi connectivity index (χ1v) is 12.1. The van der Waals surface area contributed by atoms with Gasteiger partial charge in [-0.15, -0.1) is 0 Å². The molecule has 1 atom stereocenters. The molecule has 3 aromatic carbocycles. The van der Waals surface area contributed by atoms with Gasteiger partial charge in [-0.1, -0.05) is 18.2 Å². The number of hydrogen-bond donors (Lipinski definition) is 0. The van der Waals surface area contributed by atoms with E-state index in [0.29, 0.717) is 44.9 Å². The molecule has 36 heavy (non-hydrogen) atoms. The van der Waals surface area contributed by atoms with E-state index in [2.05, 4.69) is 15.9 Å². The van der Waals surface area contributed by atoms with E-state index in [1.807, 2.05) is 6.92 Å². The standard InChI is InChI=1S/C27H25BrFN3O4/c1-5-31(26(33)17-9-8-10-18(29)13-17)16(2)25-30-21-12-7-6-11-20(21)27(34)32(25)22-14-19(35-3)15-23(36-4)24(22)28/h6-16H,5H2,1-4H3. The number of halogens is 2. The molecule has 4 rings (SSSR count). The van der Waals surface area contributed by atoms with Crippen molar-refractivity contribution in [2.45, 2.75) is 19.9 Å². The molecule has 0 radical (unpaired) electrons. The molecule has 0 spiro atoms. The van der Waals surface area contributed by atoms with Crippen LogP contribution < -0.4 is 15.0 Å². The average molecular weight is 554 g/mol. The molecule has 0 N–H and O–H groups in total.